The minimum absolute atomic E-state index is 0.372. The second-order valence-corrected chi connectivity index (χ2v) is 4.57. The van der Waals surface area contributed by atoms with Crippen LogP contribution in [0.4, 0.5) is 0 Å². The molecule has 12 heavy (non-hydrogen) atoms. The van der Waals surface area contributed by atoms with Gasteiger partial charge < -0.3 is 0 Å². The number of alkyl halides is 1. The van der Waals surface area contributed by atoms with Gasteiger partial charge in [0.15, 0.2) is 0 Å². The molecule has 1 nitrogen and oxygen atoms in total. The number of ketones is 1. The summed E-state index contributed by atoms with van der Waals surface area (Å²) in [6.07, 6.45) is 5.42. The lowest BCUT2D eigenvalue weighted by molar-refractivity contribution is -0.126. The Morgan fingerprint density at radius 2 is 2.33 bits per heavy atom. The molecule has 0 N–H and O–H groups in total. The van der Waals surface area contributed by atoms with Crippen LogP contribution in [0, 0.1) is 11.8 Å². The quantitative estimate of drug-likeness (QED) is 0.684. The highest BCUT2D eigenvalue weighted by Gasteiger charge is 2.27. The van der Waals surface area contributed by atoms with Crippen LogP contribution in [0.25, 0.3) is 0 Å². The van der Waals surface area contributed by atoms with Crippen LogP contribution in [-0.2, 0) is 4.79 Å². The molecule has 0 aromatic rings. The molecule has 1 saturated carbocycles. The molecule has 0 saturated heterocycles. The summed E-state index contributed by atoms with van der Waals surface area (Å²) < 4.78 is 0. The molecule has 1 aliphatic rings. The van der Waals surface area contributed by atoms with E-state index in [-0.39, 0.29) is 0 Å². The third-order valence-electron chi connectivity index (χ3n) is 2.83. The first kappa shape index (κ1) is 10.2. The lowest BCUT2D eigenvalue weighted by atomic mass is 9.77. The van der Waals surface area contributed by atoms with Crippen molar-refractivity contribution in [3.05, 3.63) is 0 Å². The lowest BCUT2D eigenvalue weighted by Gasteiger charge is -2.27. The van der Waals surface area contributed by atoms with Gasteiger partial charge in [-0.25, -0.2) is 0 Å². The van der Waals surface area contributed by atoms with Crippen molar-refractivity contribution in [2.75, 3.05) is 5.33 Å². The van der Waals surface area contributed by atoms with Gasteiger partial charge in [-0.15, -0.1) is 0 Å². The van der Waals surface area contributed by atoms with Gasteiger partial charge in [0.05, 0.1) is 0 Å². The van der Waals surface area contributed by atoms with Crippen molar-refractivity contribution in [1.29, 1.82) is 0 Å². The Morgan fingerprint density at radius 3 is 2.92 bits per heavy atom. The van der Waals surface area contributed by atoms with Crippen molar-refractivity contribution >= 4 is 21.7 Å². The highest BCUT2D eigenvalue weighted by molar-refractivity contribution is 9.09. The van der Waals surface area contributed by atoms with Crippen LogP contribution in [0.15, 0.2) is 0 Å². The Bertz CT molecular complexity index is 156. The fraction of sp³-hybridized carbons (Fsp3) is 0.900. The molecule has 1 aliphatic carbocycles. The average molecular weight is 233 g/mol. The molecule has 0 unspecified atom stereocenters. The number of halogens is 1. The van der Waals surface area contributed by atoms with Gasteiger partial charge in [-0.3, -0.25) is 4.79 Å². The summed E-state index contributed by atoms with van der Waals surface area (Å²) in [4.78, 5) is 11.5. The van der Waals surface area contributed by atoms with Gasteiger partial charge in [-0.05, 0) is 31.6 Å². The van der Waals surface area contributed by atoms with E-state index in [9.17, 15) is 4.79 Å². The van der Waals surface area contributed by atoms with Crippen molar-refractivity contribution in [3.8, 4) is 0 Å². The van der Waals surface area contributed by atoms with Gasteiger partial charge in [0.25, 0.3) is 0 Å². The minimum atomic E-state index is 0.372. The smallest absolute Gasteiger partial charge is 0.136 e. The summed E-state index contributed by atoms with van der Waals surface area (Å²) in [5, 5.41) is 1.03. The number of hydrogen-bond acceptors (Lipinski definition) is 1. The van der Waals surface area contributed by atoms with Crippen molar-refractivity contribution in [1.82, 2.24) is 0 Å². The summed E-state index contributed by atoms with van der Waals surface area (Å²) in [5.74, 6) is 1.51. The lowest BCUT2D eigenvalue weighted by Crippen LogP contribution is -2.26. The Kier molecular flexibility index (Phi) is 4.27. The number of rotatable bonds is 3. The maximum atomic E-state index is 11.5. The van der Waals surface area contributed by atoms with Crippen LogP contribution in [0.2, 0.25) is 0 Å². The van der Waals surface area contributed by atoms with Crippen molar-refractivity contribution in [2.45, 2.75) is 39.0 Å². The highest BCUT2D eigenvalue weighted by Crippen LogP contribution is 2.30. The van der Waals surface area contributed by atoms with Crippen LogP contribution < -0.4 is 0 Å². The molecule has 1 rings (SSSR count). The van der Waals surface area contributed by atoms with E-state index in [2.05, 4.69) is 22.9 Å². The molecule has 0 aromatic carbocycles. The van der Waals surface area contributed by atoms with Gasteiger partial charge in [0.1, 0.15) is 5.78 Å². The number of hydrogen-bond donors (Lipinski definition) is 0. The number of carbonyl (C=O) groups excluding carboxylic acids is 1. The third kappa shape index (κ3) is 2.58. The molecule has 0 heterocycles. The third-order valence-corrected chi connectivity index (χ3v) is 3.39. The summed E-state index contributed by atoms with van der Waals surface area (Å²) in [7, 11) is 0. The van der Waals surface area contributed by atoms with E-state index in [4.69, 9.17) is 0 Å². The largest absolute Gasteiger partial charge is 0.299 e. The standard InChI is InChI=1S/C10H17BrO/c1-8-4-2-6-10(12)9(8)5-3-7-11/h8-9H,2-7H2,1H3/t8-,9+/m1/s1. The Morgan fingerprint density at radius 1 is 1.58 bits per heavy atom. The second kappa shape index (κ2) is 5.00. The maximum Gasteiger partial charge on any atom is 0.136 e. The van der Waals surface area contributed by atoms with Crippen LogP contribution in [-0.4, -0.2) is 11.1 Å². The molecule has 0 amide bonds. The number of Topliss-reactive ketones (excluding diaryl/α,β-unsaturated/α-hetero) is 1. The molecular formula is C10H17BrO. The van der Waals surface area contributed by atoms with Gasteiger partial charge in [0.2, 0.25) is 0 Å². The first-order valence-corrected chi connectivity index (χ1v) is 5.96. The van der Waals surface area contributed by atoms with E-state index in [0.29, 0.717) is 17.6 Å². The van der Waals surface area contributed by atoms with Crippen molar-refractivity contribution < 1.29 is 4.79 Å². The zero-order valence-corrected chi connectivity index (χ0v) is 9.27. The Hall–Kier alpha value is 0.150. The van der Waals surface area contributed by atoms with Crippen LogP contribution in [0.3, 0.4) is 0 Å². The second-order valence-electron chi connectivity index (χ2n) is 3.77. The zero-order chi connectivity index (χ0) is 8.97. The van der Waals surface area contributed by atoms with E-state index < -0.39 is 0 Å². The van der Waals surface area contributed by atoms with Gasteiger partial charge in [-0.2, -0.15) is 0 Å². The molecule has 0 aliphatic heterocycles. The SMILES string of the molecule is C[C@@H]1CCCC(=O)[C@H]1CCCBr. The van der Waals surface area contributed by atoms with Crippen LogP contribution in [0.5, 0.6) is 0 Å². The van der Waals surface area contributed by atoms with E-state index in [1.165, 1.54) is 6.42 Å². The highest BCUT2D eigenvalue weighted by atomic mass is 79.9. The molecular weight excluding hydrogens is 216 g/mol. The fourth-order valence-electron chi connectivity index (χ4n) is 2.04. The van der Waals surface area contributed by atoms with E-state index in [1.54, 1.807) is 0 Å². The molecule has 0 bridgehead atoms. The molecule has 0 radical (unpaired) electrons. The molecule has 1 fully saturated rings. The van der Waals surface area contributed by atoms with E-state index in [0.717, 1.165) is 31.0 Å². The summed E-state index contributed by atoms with van der Waals surface area (Å²) in [6, 6.07) is 0. The molecule has 2 heteroatoms. The zero-order valence-electron chi connectivity index (χ0n) is 7.68. The first-order chi connectivity index (χ1) is 5.75. The van der Waals surface area contributed by atoms with E-state index >= 15 is 0 Å². The van der Waals surface area contributed by atoms with E-state index in [1.807, 2.05) is 0 Å². The fourth-order valence-corrected chi connectivity index (χ4v) is 2.37. The van der Waals surface area contributed by atoms with Gasteiger partial charge in [-0.1, -0.05) is 22.9 Å². The molecule has 0 spiro atoms. The summed E-state index contributed by atoms with van der Waals surface area (Å²) >= 11 is 3.40. The monoisotopic (exact) mass is 232 g/mol. The molecule has 0 aromatic heterocycles. The van der Waals surface area contributed by atoms with Crippen LogP contribution in [0.1, 0.15) is 39.0 Å². The van der Waals surface area contributed by atoms with Gasteiger partial charge in [0, 0.05) is 17.7 Å². The van der Waals surface area contributed by atoms with Crippen molar-refractivity contribution in [3.63, 3.8) is 0 Å². The average Bonchev–Trinajstić information content (AvgIpc) is 2.04. The minimum Gasteiger partial charge on any atom is -0.299 e. The normalized spacial score (nSPS) is 30.7. The first-order valence-electron chi connectivity index (χ1n) is 4.84. The predicted molar refractivity (Wildman–Crippen MR) is 54.5 cm³/mol. The van der Waals surface area contributed by atoms with Gasteiger partial charge >= 0.3 is 0 Å². The predicted octanol–water partition coefficient (Wildman–Crippen LogP) is 3.17. The maximum absolute atomic E-state index is 11.5. The topological polar surface area (TPSA) is 17.1 Å². The summed E-state index contributed by atoms with van der Waals surface area (Å²) in [6.45, 7) is 2.22. The molecule has 2 atom stereocenters. The van der Waals surface area contributed by atoms with Crippen molar-refractivity contribution in [2.24, 2.45) is 11.8 Å². The Balaban J connectivity index is 2.40. The number of carbonyl (C=O) groups is 1. The molecule has 70 valence electrons. The van der Waals surface area contributed by atoms with Crippen LogP contribution >= 0.6 is 15.9 Å². The summed E-state index contributed by atoms with van der Waals surface area (Å²) in [5.41, 5.74) is 0. The Labute approximate surface area is 83.0 Å².